The van der Waals surface area contributed by atoms with Gasteiger partial charge >= 0.3 is 0 Å². The molecule has 10 heteroatoms. The molecule has 1 amide bonds. The van der Waals surface area contributed by atoms with Gasteiger partial charge in [0.05, 0.1) is 17.7 Å². The van der Waals surface area contributed by atoms with E-state index in [4.69, 9.17) is 11.0 Å². The first-order chi connectivity index (χ1) is 16.0. The molecule has 1 fully saturated rings. The van der Waals surface area contributed by atoms with Crippen molar-refractivity contribution in [3.8, 4) is 11.8 Å². The largest absolute Gasteiger partial charge is 0.508 e. The number of aliphatic hydroxyl groups is 3. The van der Waals surface area contributed by atoms with Gasteiger partial charge in [-0.25, -0.2) is 0 Å². The highest BCUT2D eigenvalue weighted by atomic mass is 16.3. The molecule has 4 atom stereocenters. The molecule has 3 aliphatic carbocycles. The van der Waals surface area contributed by atoms with E-state index in [1.165, 1.54) is 37.2 Å². The first-order valence-electron chi connectivity index (χ1n) is 10.5. The fourth-order valence-corrected chi connectivity index (χ4v) is 5.55. The lowest BCUT2D eigenvalue weighted by atomic mass is 9.57. The van der Waals surface area contributed by atoms with Gasteiger partial charge in [-0.05, 0) is 56.1 Å². The highest BCUT2D eigenvalue weighted by Gasteiger charge is 2.64. The predicted octanol–water partition coefficient (Wildman–Crippen LogP) is 0.501. The molecule has 1 aromatic carbocycles. The van der Waals surface area contributed by atoms with Gasteiger partial charge in [-0.2, -0.15) is 5.26 Å². The van der Waals surface area contributed by atoms with Crippen molar-refractivity contribution in [1.29, 1.82) is 5.26 Å². The van der Waals surface area contributed by atoms with E-state index in [9.17, 15) is 34.8 Å². The number of nitriles is 1. The van der Waals surface area contributed by atoms with Crippen LogP contribution in [0.3, 0.4) is 0 Å². The molecule has 1 saturated carbocycles. The Morgan fingerprint density at radius 2 is 1.94 bits per heavy atom. The summed E-state index contributed by atoms with van der Waals surface area (Å²) >= 11 is 0. The van der Waals surface area contributed by atoms with E-state index >= 15 is 0 Å². The van der Waals surface area contributed by atoms with E-state index in [2.05, 4.69) is 0 Å². The number of benzene rings is 1. The number of primary amides is 1. The zero-order valence-corrected chi connectivity index (χ0v) is 18.4. The van der Waals surface area contributed by atoms with Crippen molar-refractivity contribution in [2.75, 3.05) is 14.1 Å². The van der Waals surface area contributed by atoms with Crippen molar-refractivity contribution in [2.24, 2.45) is 17.6 Å². The van der Waals surface area contributed by atoms with Crippen LogP contribution in [-0.2, 0) is 20.8 Å². The molecule has 0 heterocycles. The number of amides is 1. The number of carbonyl (C=O) groups excluding carboxylic acids is 3. The van der Waals surface area contributed by atoms with E-state index in [0.717, 1.165) is 0 Å². The van der Waals surface area contributed by atoms with Gasteiger partial charge in [0.25, 0.3) is 5.91 Å². The summed E-state index contributed by atoms with van der Waals surface area (Å²) < 4.78 is 0. The van der Waals surface area contributed by atoms with Crippen molar-refractivity contribution in [3.63, 3.8) is 0 Å². The lowest BCUT2D eigenvalue weighted by molar-refractivity contribution is -0.153. The molecule has 34 heavy (non-hydrogen) atoms. The third kappa shape index (κ3) is 2.98. The average Bonchev–Trinajstić information content (AvgIpc) is 2.75. The van der Waals surface area contributed by atoms with Crippen LogP contribution >= 0.6 is 0 Å². The fraction of sp³-hybridized carbons (Fsp3) is 0.333. The Morgan fingerprint density at radius 3 is 2.53 bits per heavy atom. The molecule has 0 aliphatic heterocycles. The van der Waals surface area contributed by atoms with Crippen LogP contribution in [0.25, 0.3) is 11.8 Å². The third-order valence-corrected chi connectivity index (χ3v) is 6.98. The summed E-state index contributed by atoms with van der Waals surface area (Å²) in [6, 6.07) is 3.62. The summed E-state index contributed by atoms with van der Waals surface area (Å²) in [5.41, 5.74) is 2.58. The molecule has 1 aromatic rings. The van der Waals surface area contributed by atoms with Crippen molar-refractivity contribution in [2.45, 2.75) is 24.5 Å². The van der Waals surface area contributed by atoms with Crippen LogP contribution in [0, 0.1) is 23.2 Å². The summed E-state index contributed by atoms with van der Waals surface area (Å²) in [5, 5.41) is 52.7. The molecule has 0 saturated heterocycles. The van der Waals surface area contributed by atoms with Gasteiger partial charge in [0.1, 0.15) is 22.8 Å². The van der Waals surface area contributed by atoms with E-state index in [-0.39, 0.29) is 29.7 Å². The van der Waals surface area contributed by atoms with Crippen LogP contribution in [0.2, 0.25) is 0 Å². The Morgan fingerprint density at radius 1 is 1.26 bits per heavy atom. The van der Waals surface area contributed by atoms with E-state index in [0.29, 0.717) is 11.1 Å². The van der Waals surface area contributed by atoms with Crippen LogP contribution in [0.1, 0.15) is 23.1 Å². The van der Waals surface area contributed by atoms with E-state index in [1.54, 1.807) is 6.07 Å². The lowest BCUT2D eigenvalue weighted by Gasteiger charge is -2.50. The molecule has 0 aromatic heterocycles. The average molecular weight is 465 g/mol. The van der Waals surface area contributed by atoms with Crippen LogP contribution in [0.15, 0.2) is 35.1 Å². The molecule has 176 valence electrons. The van der Waals surface area contributed by atoms with Crippen molar-refractivity contribution < 1.29 is 34.8 Å². The van der Waals surface area contributed by atoms with Crippen LogP contribution in [0.4, 0.5) is 0 Å². The van der Waals surface area contributed by atoms with Gasteiger partial charge in [-0.15, -0.1) is 0 Å². The quantitative estimate of drug-likeness (QED) is 0.313. The monoisotopic (exact) mass is 465 g/mol. The topological polar surface area (TPSA) is 185 Å². The molecular weight excluding hydrogens is 442 g/mol. The zero-order chi connectivity index (χ0) is 25.1. The standard InChI is InChI=1S/C24H23N3O7/c1-27(2)18-13-9-11-8-12-10(4-3-7-25)5-6-14(28)16(12)19(29)15(11)21(31)24(13,34)22(32)17(20(18)30)23(26)33/h3-6,11,13,18,28-29,32,34H,8-9H2,1-2H3,(H2,26,33)/t11-,13-,18+,24-/m1/s1. The lowest BCUT2D eigenvalue weighted by Crippen LogP contribution is -2.65. The second-order valence-corrected chi connectivity index (χ2v) is 8.95. The molecule has 4 rings (SSSR count). The SMILES string of the molecule is CN(C)[C@@H]1C(=O)C(C(N)=O)=C(O)[C@]2(O)C(=O)C3=C(O)c4c(O)ccc(C=CC#N)c4C[C@@H]3C[C@H]12. The number of likely N-dealkylation sites (N-methyl/N-ethyl adjacent to an activating group) is 1. The summed E-state index contributed by atoms with van der Waals surface area (Å²) in [6.45, 7) is 0. The Hall–Kier alpha value is -3.94. The number of carbonyl (C=O) groups is 3. The fourth-order valence-electron chi connectivity index (χ4n) is 5.55. The van der Waals surface area contributed by atoms with Gasteiger partial charge in [-0.3, -0.25) is 19.3 Å². The van der Waals surface area contributed by atoms with E-state index in [1.807, 2.05) is 6.07 Å². The summed E-state index contributed by atoms with van der Waals surface area (Å²) in [5.74, 6) is -6.96. The third-order valence-electron chi connectivity index (χ3n) is 6.98. The number of aliphatic hydroxyl groups excluding tert-OH is 2. The number of phenols is 1. The van der Waals surface area contributed by atoms with Crippen molar-refractivity contribution >= 4 is 29.3 Å². The first-order valence-corrected chi connectivity index (χ1v) is 10.5. The summed E-state index contributed by atoms with van der Waals surface area (Å²) in [6.07, 6.45) is 2.92. The van der Waals surface area contributed by atoms with Gasteiger partial charge in [0, 0.05) is 17.6 Å². The minimum Gasteiger partial charge on any atom is -0.508 e. The Labute approximate surface area is 194 Å². The number of Topliss-reactive ketones (excluding diaryl/α,β-unsaturated/α-hetero) is 2. The first kappa shape index (κ1) is 23.2. The second kappa shape index (κ2) is 7.83. The highest BCUT2D eigenvalue weighted by molar-refractivity contribution is 6.24. The van der Waals surface area contributed by atoms with Gasteiger partial charge in [0.2, 0.25) is 5.78 Å². The minimum absolute atomic E-state index is 0.00280. The smallest absolute Gasteiger partial charge is 0.255 e. The maximum Gasteiger partial charge on any atom is 0.255 e. The summed E-state index contributed by atoms with van der Waals surface area (Å²) in [4.78, 5) is 40.1. The highest BCUT2D eigenvalue weighted by Crippen LogP contribution is 2.52. The molecule has 0 unspecified atom stereocenters. The molecular formula is C24H23N3O7. The Bertz CT molecular complexity index is 1280. The van der Waals surface area contributed by atoms with Crippen molar-refractivity contribution in [1.82, 2.24) is 4.90 Å². The van der Waals surface area contributed by atoms with Gasteiger partial charge < -0.3 is 26.2 Å². The van der Waals surface area contributed by atoms with Gasteiger partial charge in [0.15, 0.2) is 11.4 Å². The summed E-state index contributed by atoms with van der Waals surface area (Å²) in [7, 11) is 3.08. The maximum absolute atomic E-state index is 13.7. The number of phenolic OH excluding ortho intramolecular Hbond substituents is 1. The van der Waals surface area contributed by atoms with Crippen LogP contribution in [0.5, 0.6) is 5.75 Å². The number of ketones is 2. The number of allylic oxidation sites excluding steroid dienone is 1. The number of fused-ring (bicyclic) bond motifs is 3. The Kier molecular flexibility index (Phi) is 5.35. The predicted molar refractivity (Wildman–Crippen MR) is 119 cm³/mol. The zero-order valence-electron chi connectivity index (χ0n) is 18.4. The molecule has 3 aliphatic rings. The number of hydrogen-bond acceptors (Lipinski definition) is 9. The van der Waals surface area contributed by atoms with Crippen LogP contribution < -0.4 is 5.73 Å². The number of aromatic hydroxyl groups is 1. The number of nitrogens with two attached hydrogens (primary N) is 1. The van der Waals surface area contributed by atoms with Gasteiger partial charge in [-0.1, -0.05) is 6.07 Å². The second-order valence-electron chi connectivity index (χ2n) is 8.95. The number of nitrogens with zero attached hydrogens (tertiary/aromatic N) is 2. The normalized spacial score (nSPS) is 28.6. The molecule has 0 bridgehead atoms. The molecule has 10 nitrogen and oxygen atoms in total. The number of hydrogen-bond donors (Lipinski definition) is 5. The minimum atomic E-state index is -2.67. The number of rotatable bonds is 3. The maximum atomic E-state index is 13.7. The molecule has 6 N–H and O–H groups in total. The molecule has 0 spiro atoms. The molecule has 0 radical (unpaired) electrons. The van der Waals surface area contributed by atoms with Crippen molar-refractivity contribution in [3.05, 3.63) is 51.8 Å². The Balaban J connectivity index is 1.98. The van der Waals surface area contributed by atoms with Crippen LogP contribution in [-0.4, -0.2) is 68.5 Å². The van der Waals surface area contributed by atoms with E-state index < -0.39 is 58.0 Å².